The molecule has 0 bridgehead atoms. The number of amides is 1. The van der Waals surface area contributed by atoms with Crippen molar-refractivity contribution in [3.8, 4) is 0 Å². The Labute approximate surface area is 108 Å². The van der Waals surface area contributed by atoms with E-state index in [2.05, 4.69) is 12.2 Å². The highest BCUT2D eigenvalue weighted by molar-refractivity contribution is 5.81. The fraction of sp³-hybridized carbons (Fsp3) is 0.846. The molecular weight excluding hydrogens is 232 g/mol. The Kier molecular flexibility index (Phi) is 3.61. The lowest BCUT2D eigenvalue weighted by atomic mass is 9.81. The molecule has 0 spiro atoms. The third-order valence-corrected chi connectivity index (χ3v) is 4.36. The molecule has 2 fully saturated rings. The second kappa shape index (κ2) is 4.88. The van der Waals surface area contributed by atoms with E-state index < -0.39 is 11.4 Å². The SMILES string of the molecule is C[C@@H]1CNC[C@H]1C(=O)N1CCCC(C)(C(=O)O)C1. The van der Waals surface area contributed by atoms with Crippen molar-refractivity contribution in [2.75, 3.05) is 26.2 Å². The van der Waals surface area contributed by atoms with E-state index in [1.54, 1.807) is 11.8 Å². The van der Waals surface area contributed by atoms with Crippen LogP contribution in [0.25, 0.3) is 0 Å². The minimum atomic E-state index is -0.794. The van der Waals surface area contributed by atoms with Crippen molar-refractivity contribution in [1.29, 1.82) is 0 Å². The van der Waals surface area contributed by atoms with E-state index in [4.69, 9.17) is 0 Å². The minimum absolute atomic E-state index is 0.0149. The van der Waals surface area contributed by atoms with Crippen LogP contribution >= 0.6 is 0 Å². The number of likely N-dealkylation sites (tertiary alicyclic amines) is 1. The standard InChI is InChI=1S/C13H22N2O3/c1-9-6-14-7-10(9)11(16)15-5-3-4-13(2,8-15)12(17)18/h9-10,14H,3-8H2,1-2H3,(H,17,18)/t9-,10-,13?/m1/s1. The van der Waals surface area contributed by atoms with Crippen LogP contribution in [0.2, 0.25) is 0 Å². The number of nitrogens with zero attached hydrogens (tertiary/aromatic N) is 1. The number of hydrogen-bond acceptors (Lipinski definition) is 3. The average Bonchev–Trinajstić information content (AvgIpc) is 2.74. The Hall–Kier alpha value is -1.10. The molecule has 2 heterocycles. The molecule has 2 saturated heterocycles. The lowest BCUT2D eigenvalue weighted by Gasteiger charge is -2.39. The molecule has 102 valence electrons. The highest BCUT2D eigenvalue weighted by Gasteiger charge is 2.42. The number of aliphatic carboxylic acids is 1. The van der Waals surface area contributed by atoms with Gasteiger partial charge >= 0.3 is 5.97 Å². The molecule has 5 heteroatoms. The molecule has 0 aromatic rings. The largest absolute Gasteiger partial charge is 0.481 e. The predicted octanol–water partition coefficient (Wildman–Crippen LogP) is 0.555. The predicted molar refractivity (Wildman–Crippen MR) is 67.1 cm³/mol. The first-order chi connectivity index (χ1) is 8.44. The van der Waals surface area contributed by atoms with E-state index in [0.29, 0.717) is 25.4 Å². The first kappa shape index (κ1) is 13.3. The summed E-state index contributed by atoms with van der Waals surface area (Å²) < 4.78 is 0. The molecule has 0 saturated carbocycles. The topological polar surface area (TPSA) is 69.6 Å². The lowest BCUT2D eigenvalue weighted by Crippen LogP contribution is -2.50. The van der Waals surface area contributed by atoms with Crippen molar-refractivity contribution < 1.29 is 14.7 Å². The molecule has 1 unspecified atom stereocenters. The number of rotatable bonds is 2. The number of carboxylic acids is 1. The van der Waals surface area contributed by atoms with Crippen LogP contribution in [-0.4, -0.2) is 48.1 Å². The summed E-state index contributed by atoms with van der Waals surface area (Å²) in [5.74, 6) is -0.311. The molecule has 2 aliphatic heterocycles. The van der Waals surface area contributed by atoms with Crippen molar-refractivity contribution >= 4 is 11.9 Å². The summed E-state index contributed by atoms with van der Waals surface area (Å²) in [6, 6.07) is 0. The highest BCUT2D eigenvalue weighted by atomic mass is 16.4. The van der Waals surface area contributed by atoms with Gasteiger partial charge in [0.15, 0.2) is 0 Å². The van der Waals surface area contributed by atoms with Crippen molar-refractivity contribution in [2.45, 2.75) is 26.7 Å². The third kappa shape index (κ3) is 2.36. The number of nitrogens with one attached hydrogen (secondary N) is 1. The zero-order chi connectivity index (χ0) is 13.3. The minimum Gasteiger partial charge on any atom is -0.481 e. The Morgan fingerprint density at radius 3 is 2.67 bits per heavy atom. The number of carboxylic acid groups (broad SMARTS) is 1. The van der Waals surface area contributed by atoms with Crippen LogP contribution in [0.1, 0.15) is 26.7 Å². The van der Waals surface area contributed by atoms with E-state index >= 15 is 0 Å². The fourth-order valence-corrected chi connectivity index (χ4v) is 2.98. The Morgan fingerprint density at radius 2 is 2.11 bits per heavy atom. The van der Waals surface area contributed by atoms with Gasteiger partial charge in [0.1, 0.15) is 0 Å². The molecule has 2 N–H and O–H groups in total. The molecule has 0 radical (unpaired) electrons. The molecule has 2 rings (SSSR count). The van der Waals surface area contributed by atoms with Crippen LogP contribution in [0.5, 0.6) is 0 Å². The fourth-order valence-electron chi connectivity index (χ4n) is 2.98. The molecular formula is C13H22N2O3. The second-order valence-electron chi connectivity index (χ2n) is 5.97. The van der Waals surface area contributed by atoms with Crippen LogP contribution in [0.4, 0.5) is 0 Å². The van der Waals surface area contributed by atoms with E-state index in [1.165, 1.54) is 0 Å². The van der Waals surface area contributed by atoms with Crippen molar-refractivity contribution in [2.24, 2.45) is 17.3 Å². The summed E-state index contributed by atoms with van der Waals surface area (Å²) in [7, 11) is 0. The number of hydrogen-bond donors (Lipinski definition) is 2. The maximum Gasteiger partial charge on any atom is 0.311 e. The zero-order valence-electron chi connectivity index (χ0n) is 11.1. The number of carbonyl (C=O) groups is 2. The monoisotopic (exact) mass is 254 g/mol. The summed E-state index contributed by atoms with van der Waals surface area (Å²) >= 11 is 0. The van der Waals surface area contributed by atoms with Gasteiger partial charge in [-0.15, -0.1) is 0 Å². The first-order valence-corrected chi connectivity index (χ1v) is 6.67. The first-order valence-electron chi connectivity index (χ1n) is 6.67. The van der Waals surface area contributed by atoms with Gasteiger partial charge in [-0.25, -0.2) is 0 Å². The summed E-state index contributed by atoms with van der Waals surface area (Å²) in [6.45, 7) is 6.46. The maximum atomic E-state index is 12.4. The average molecular weight is 254 g/mol. The van der Waals surface area contributed by atoms with E-state index in [1.807, 2.05) is 0 Å². The van der Waals surface area contributed by atoms with Crippen LogP contribution in [0.15, 0.2) is 0 Å². The van der Waals surface area contributed by atoms with Crippen LogP contribution < -0.4 is 5.32 Å². The van der Waals surface area contributed by atoms with Crippen LogP contribution in [0.3, 0.4) is 0 Å². The van der Waals surface area contributed by atoms with Crippen molar-refractivity contribution in [1.82, 2.24) is 10.2 Å². The molecule has 0 aliphatic carbocycles. The molecule has 0 aromatic carbocycles. The number of piperidine rings is 1. The molecule has 3 atom stereocenters. The molecule has 0 aromatic heterocycles. The lowest BCUT2D eigenvalue weighted by molar-refractivity contribution is -0.154. The van der Waals surface area contributed by atoms with Gasteiger partial charge in [-0.3, -0.25) is 9.59 Å². The van der Waals surface area contributed by atoms with Gasteiger partial charge < -0.3 is 15.3 Å². The second-order valence-corrected chi connectivity index (χ2v) is 5.97. The summed E-state index contributed by atoms with van der Waals surface area (Å²) in [5.41, 5.74) is -0.775. The van der Waals surface area contributed by atoms with Gasteiger partial charge in [-0.05, 0) is 32.2 Å². The van der Waals surface area contributed by atoms with Crippen LogP contribution in [0, 0.1) is 17.3 Å². The molecule has 1 amide bonds. The Bertz CT molecular complexity index is 358. The Balaban J connectivity index is 2.05. The van der Waals surface area contributed by atoms with Crippen LogP contribution in [-0.2, 0) is 9.59 Å². The zero-order valence-corrected chi connectivity index (χ0v) is 11.1. The third-order valence-electron chi connectivity index (χ3n) is 4.36. The molecule has 5 nitrogen and oxygen atoms in total. The molecule has 18 heavy (non-hydrogen) atoms. The van der Waals surface area contributed by atoms with E-state index in [0.717, 1.165) is 19.5 Å². The summed E-state index contributed by atoms with van der Waals surface area (Å²) in [5, 5.41) is 12.5. The Morgan fingerprint density at radius 1 is 1.39 bits per heavy atom. The molecule has 2 aliphatic rings. The van der Waals surface area contributed by atoms with Gasteiger partial charge in [-0.1, -0.05) is 6.92 Å². The van der Waals surface area contributed by atoms with Crippen molar-refractivity contribution in [3.63, 3.8) is 0 Å². The van der Waals surface area contributed by atoms with Gasteiger partial charge in [-0.2, -0.15) is 0 Å². The quantitative estimate of drug-likeness (QED) is 0.755. The van der Waals surface area contributed by atoms with Gasteiger partial charge in [0.2, 0.25) is 5.91 Å². The normalized spacial score (nSPS) is 36.7. The summed E-state index contributed by atoms with van der Waals surface area (Å²) in [4.78, 5) is 25.4. The maximum absolute atomic E-state index is 12.4. The smallest absolute Gasteiger partial charge is 0.311 e. The van der Waals surface area contributed by atoms with Gasteiger partial charge in [0, 0.05) is 19.6 Å². The van der Waals surface area contributed by atoms with E-state index in [9.17, 15) is 14.7 Å². The van der Waals surface area contributed by atoms with Gasteiger partial charge in [0.05, 0.1) is 11.3 Å². The number of carbonyl (C=O) groups excluding carboxylic acids is 1. The summed E-state index contributed by atoms with van der Waals surface area (Å²) in [6.07, 6.45) is 1.44. The van der Waals surface area contributed by atoms with Gasteiger partial charge in [0.25, 0.3) is 0 Å². The van der Waals surface area contributed by atoms with E-state index in [-0.39, 0.29) is 11.8 Å². The van der Waals surface area contributed by atoms with Crippen molar-refractivity contribution in [3.05, 3.63) is 0 Å². The highest BCUT2D eigenvalue weighted by Crippen LogP contribution is 2.31.